The van der Waals surface area contributed by atoms with Gasteiger partial charge < -0.3 is 20.7 Å². The Bertz CT molecular complexity index is 1030. The molecule has 3 N–H and O–H groups in total. The number of pyridine rings is 1. The molecule has 0 unspecified atom stereocenters. The Morgan fingerprint density at radius 2 is 1.63 bits per heavy atom. The van der Waals surface area contributed by atoms with Crippen LogP contribution in [0.1, 0.15) is 10.4 Å². The van der Waals surface area contributed by atoms with Crippen molar-refractivity contribution in [3.05, 3.63) is 82.6 Å². The molecule has 9 heteroatoms. The van der Waals surface area contributed by atoms with Crippen LogP contribution in [0.3, 0.4) is 0 Å². The minimum Gasteiger partial charge on any atom is -0.457 e. The molecule has 7 nitrogen and oxygen atoms in total. The minimum absolute atomic E-state index is 0.242. The summed E-state index contributed by atoms with van der Waals surface area (Å²) in [5, 5.41) is 8.75. The molecular weight excluding hydrogens is 427 g/mol. The second-order valence-corrected chi connectivity index (χ2v) is 6.89. The van der Waals surface area contributed by atoms with Gasteiger partial charge in [0.05, 0.1) is 10.0 Å². The molecule has 3 rings (SSSR count). The lowest BCUT2D eigenvalue weighted by Crippen LogP contribution is -2.36. The predicted molar refractivity (Wildman–Crippen MR) is 117 cm³/mol. The van der Waals surface area contributed by atoms with Gasteiger partial charge in [0.25, 0.3) is 5.91 Å². The van der Waals surface area contributed by atoms with Gasteiger partial charge in [-0.1, -0.05) is 29.3 Å². The Morgan fingerprint density at radius 3 is 2.40 bits per heavy atom. The van der Waals surface area contributed by atoms with Gasteiger partial charge in [0.2, 0.25) is 0 Å². The van der Waals surface area contributed by atoms with Gasteiger partial charge in [-0.25, -0.2) is 4.79 Å². The van der Waals surface area contributed by atoms with Gasteiger partial charge in [-0.05, 0) is 42.5 Å². The fourth-order valence-electron chi connectivity index (χ4n) is 2.45. The molecule has 0 atom stereocenters. The number of ether oxygens (including phenoxy) is 1. The van der Waals surface area contributed by atoms with E-state index >= 15 is 0 Å². The summed E-state index contributed by atoms with van der Waals surface area (Å²) >= 11 is 11.7. The summed E-state index contributed by atoms with van der Waals surface area (Å²) in [6.07, 6.45) is 3.26. The maximum atomic E-state index is 12.1. The number of urea groups is 1. The van der Waals surface area contributed by atoms with E-state index in [1.54, 1.807) is 60.9 Å². The third-order valence-electron chi connectivity index (χ3n) is 3.86. The van der Waals surface area contributed by atoms with E-state index in [9.17, 15) is 9.59 Å². The number of halogens is 2. The lowest BCUT2D eigenvalue weighted by atomic mass is 10.2. The molecule has 0 saturated carbocycles. The van der Waals surface area contributed by atoms with Crippen LogP contribution in [0.15, 0.2) is 67.0 Å². The van der Waals surface area contributed by atoms with E-state index in [0.29, 0.717) is 32.8 Å². The summed E-state index contributed by atoms with van der Waals surface area (Å²) in [5.74, 6) is 0.911. The number of rotatable bonds is 7. The fraction of sp³-hybridized carbons (Fsp3) is 0.0952. The van der Waals surface area contributed by atoms with Crippen molar-refractivity contribution in [2.75, 3.05) is 18.4 Å². The van der Waals surface area contributed by atoms with Crippen molar-refractivity contribution in [2.45, 2.75) is 0 Å². The van der Waals surface area contributed by atoms with Crippen LogP contribution in [0.4, 0.5) is 10.5 Å². The molecule has 2 aromatic carbocycles. The Hall–Kier alpha value is -3.29. The van der Waals surface area contributed by atoms with Gasteiger partial charge in [-0.2, -0.15) is 0 Å². The van der Waals surface area contributed by atoms with Crippen molar-refractivity contribution in [3.63, 3.8) is 0 Å². The maximum absolute atomic E-state index is 12.1. The van der Waals surface area contributed by atoms with E-state index in [4.69, 9.17) is 27.9 Å². The number of nitrogens with zero attached hydrogens (tertiary/aromatic N) is 1. The second kappa shape index (κ2) is 10.5. The molecule has 0 spiro atoms. The summed E-state index contributed by atoms with van der Waals surface area (Å²) in [6, 6.07) is 14.7. The van der Waals surface area contributed by atoms with Crippen LogP contribution in [0, 0.1) is 0 Å². The summed E-state index contributed by atoms with van der Waals surface area (Å²) in [4.78, 5) is 28.1. The average Bonchev–Trinajstić information content (AvgIpc) is 2.74. The highest BCUT2D eigenvalue weighted by Gasteiger charge is 2.08. The number of aromatic nitrogens is 1. The van der Waals surface area contributed by atoms with Gasteiger partial charge >= 0.3 is 6.03 Å². The van der Waals surface area contributed by atoms with Gasteiger partial charge in [0, 0.05) is 42.8 Å². The Balaban J connectivity index is 1.43. The zero-order chi connectivity index (χ0) is 21.3. The third-order valence-corrected chi connectivity index (χ3v) is 4.59. The zero-order valence-corrected chi connectivity index (χ0v) is 17.2. The number of carbonyl (C=O) groups is 2. The number of hydrogen-bond donors (Lipinski definition) is 3. The molecule has 1 aromatic heterocycles. The zero-order valence-electron chi connectivity index (χ0n) is 15.7. The summed E-state index contributed by atoms with van der Waals surface area (Å²) < 4.78 is 5.71. The lowest BCUT2D eigenvalue weighted by molar-refractivity contribution is 0.0954. The monoisotopic (exact) mass is 444 g/mol. The van der Waals surface area contributed by atoms with Gasteiger partial charge in [-0.15, -0.1) is 0 Å². The quantitative estimate of drug-likeness (QED) is 0.459. The molecule has 0 radical (unpaired) electrons. The molecule has 0 saturated heterocycles. The number of anilines is 1. The number of benzene rings is 2. The van der Waals surface area contributed by atoms with Crippen molar-refractivity contribution in [3.8, 4) is 11.5 Å². The molecular formula is C21H18Cl2N4O3. The van der Waals surface area contributed by atoms with E-state index in [2.05, 4.69) is 20.9 Å². The third kappa shape index (κ3) is 6.37. The second-order valence-electron chi connectivity index (χ2n) is 6.08. The van der Waals surface area contributed by atoms with Crippen LogP contribution >= 0.6 is 23.2 Å². The Labute approximate surface area is 183 Å². The fourth-order valence-corrected chi connectivity index (χ4v) is 2.74. The van der Waals surface area contributed by atoms with E-state index in [1.165, 1.54) is 6.07 Å². The highest BCUT2D eigenvalue weighted by atomic mass is 35.5. The molecule has 154 valence electrons. The first kappa shape index (κ1) is 21.4. The van der Waals surface area contributed by atoms with Crippen LogP contribution in [-0.4, -0.2) is 30.0 Å². The number of carbonyl (C=O) groups excluding carboxylic acids is 2. The smallest absolute Gasteiger partial charge is 0.319 e. The molecule has 3 aromatic rings. The summed E-state index contributed by atoms with van der Waals surface area (Å²) in [7, 11) is 0. The van der Waals surface area contributed by atoms with E-state index < -0.39 is 6.03 Å². The van der Waals surface area contributed by atoms with Gasteiger partial charge in [0.1, 0.15) is 11.5 Å². The van der Waals surface area contributed by atoms with Crippen LogP contribution < -0.4 is 20.7 Å². The number of hydrogen-bond acceptors (Lipinski definition) is 4. The van der Waals surface area contributed by atoms with Crippen molar-refractivity contribution < 1.29 is 14.3 Å². The van der Waals surface area contributed by atoms with E-state index in [-0.39, 0.29) is 19.0 Å². The Kier molecular flexibility index (Phi) is 7.48. The molecule has 0 aliphatic rings. The van der Waals surface area contributed by atoms with Gasteiger partial charge in [-0.3, -0.25) is 9.78 Å². The van der Waals surface area contributed by atoms with Crippen LogP contribution in [0.2, 0.25) is 10.0 Å². The highest BCUT2D eigenvalue weighted by Crippen LogP contribution is 2.24. The predicted octanol–water partition coefficient (Wildman–Crippen LogP) is 4.73. The molecule has 1 heterocycles. The molecule has 0 aliphatic carbocycles. The highest BCUT2D eigenvalue weighted by molar-refractivity contribution is 6.42. The first-order chi connectivity index (χ1) is 14.5. The molecule has 0 aliphatic heterocycles. The minimum atomic E-state index is -0.403. The molecule has 3 amide bonds. The SMILES string of the molecule is O=C(NCCNC(=O)c1ccc(Cl)c(Cl)c1)Nc1cccc(Oc2ccncc2)c1. The van der Waals surface area contributed by atoms with Crippen LogP contribution in [-0.2, 0) is 0 Å². The maximum Gasteiger partial charge on any atom is 0.319 e. The van der Waals surface area contributed by atoms with Gasteiger partial charge in [0.15, 0.2) is 0 Å². The topological polar surface area (TPSA) is 92.4 Å². The van der Waals surface area contributed by atoms with Crippen LogP contribution in [0.25, 0.3) is 0 Å². The first-order valence-electron chi connectivity index (χ1n) is 8.97. The molecule has 30 heavy (non-hydrogen) atoms. The van der Waals surface area contributed by atoms with Crippen molar-refractivity contribution in [2.24, 2.45) is 0 Å². The first-order valence-corrected chi connectivity index (χ1v) is 9.73. The normalized spacial score (nSPS) is 10.2. The Morgan fingerprint density at radius 1 is 0.867 bits per heavy atom. The lowest BCUT2D eigenvalue weighted by Gasteiger charge is -2.10. The van der Waals surface area contributed by atoms with Crippen molar-refractivity contribution in [1.29, 1.82) is 0 Å². The molecule has 0 bridgehead atoms. The number of nitrogens with one attached hydrogen (secondary N) is 3. The van der Waals surface area contributed by atoms with Crippen molar-refractivity contribution >= 4 is 40.8 Å². The van der Waals surface area contributed by atoms with Crippen LogP contribution in [0.5, 0.6) is 11.5 Å². The van der Waals surface area contributed by atoms with E-state index in [1.807, 2.05) is 0 Å². The average molecular weight is 445 g/mol. The standard InChI is InChI=1S/C21H18Cl2N4O3/c22-18-5-4-14(12-19(18)23)20(28)25-10-11-26-21(29)27-15-2-1-3-17(13-15)30-16-6-8-24-9-7-16/h1-9,12-13H,10-11H2,(H,25,28)(H2,26,27,29). The summed E-state index contributed by atoms with van der Waals surface area (Å²) in [6.45, 7) is 0.490. The van der Waals surface area contributed by atoms with E-state index in [0.717, 1.165) is 0 Å². The van der Waals surface area contributed by atoms with Crippen molar-refractivity contribution in [1.82, 2.24) is 15.6 Å². The number of amides is 3. The molecule has 0 fully saturated rings. The largest absolute Gasteiger partial charge is 0.457 e. The summed E-state index contributed by atoms with van der Waals surface area (Å²) in [5.41, 5.74) is 0.957.